The molecule has 94 valence electrons. The van der Waals surface area contributed by atoms with E-state index in [9.17, 15) is 4.79 Å². The number of hydrogen-bond acceptors (Lipinski definition) is 2. The van der Waals surface area contributed by atoms with Crippen LogP contribution in [0.1, 0.15) is 29.5 Å². The van der Waals surface area contributed by atoms with E-state index in [2.05, 4.69) is 11.9 Å². The number of carbonyl (C=O) groups is 1. The Morgan fingerprint density at radius 3 is 2.72 bits per heavy atom. The van der Waals surface area contributed by atoms with Gasteiger partial charge in [-0.2, -0.15) is 0 Å². The fourth-order valence-corrected chi connectivity index (χ4v) is 1.98. The Balaban J connectivity index is 2.11. The first-order chi connectivity index (χ1) is 8.70. The molecule has 0 bridgehead atoms. The first-order valence-electron chi connectivity index (χ1n) is 5.99. The molecule has 3 nitrogen and oxygen atoms in total. The molecule has 1 aromatic heterocycles. The monoisotopic (exact) mass is 262 g/mol. The molecule has 0 aliphatic rings. The molecule has 4 heteroatoms. The van der Waals surface area contributed by atoms with E-state index in [-0.39, 0.29) is 5.78 Å². The van der Waals surface area contributed by atoms with Crippen LogP contribution in [0.4, 0.5) is 0 Å². The van der Waals surface area contributed by atoms with Crippen LogP contribution in [0.15, 0.2) is 36.7 Å². The fourth-order valence-electron chi connectivity index (χ4n) is 1.85. The summed E-state index contributed by atoms with van der Waals surface area (Å²) >= 11 is 5.81. The topological polar surface area (TPSA) is 34.9 Å². The van der Waals surface area contributed by atoms with Gasteiger partial charge in [0.2, 0.25) is 5.78 Å². The van der Waals surface area contributed by atoms with E-state index < -0.39 is 0 Å². The van der Waals surface area contributed by atoms with Gasteiger partial charge in [0.25, 0.3) is 0 Å². The molecular formula is C14H15ClN2O. The highest BCUT2D eigenvalue weighted by Crippen LogP contribution is 2.12. The van der Waals surface area contributed by atoms with Gasteiger partial charge in [-0.05, 0) is 24.1 Å². The van der Waals surface area contributed by atoms with Gasteiger partial charge in [0.1, 0.15) is 0 Å². The van der Waals surface area contributed by atoms with Crippen molar-refractivity contribution in [1.29, 1.82) is 0 Å². The molecule has 18 heavy (non-hydrogen) atoms. The summed E-state index contributed by atoms with van der Waals surface area (Å²) in [6.07, 6.45) is 4.86. The molecule has 0 unspecified atom stereocenters. The van der Waals surface area contributed by atoms with Crippen LogP contribution in [0.25, 0.3) is 0 Å². The first kappa shape index (κ1) is 12.8. The smallest absolute Gasteiger partial charge is 0.202 e. The zero-order chi connectivity index (χ0) is 13.0. The maximum Gasteiger partial charge on any atom is 0.202 e. The molecule has 0 radical (unpaired) electrons. The molecule has 0 atom stereocenters. The van der Waals surface area contributed by atoms with Crippen molar-refractivity contribution in [1.82, 2.24) is 9.55 Å². The minimum absolute atomic E-state index is 0.0378. The lowest BCUT2D eigenvalue weighted by Gasteiger charge is -2.05. The molecule has 0 saturated heterocycles. The number of imidazole rings is 1. The number of aromatic nitrogens is 2. The minimum atomic E-state index is 0.0378. The SMILES string of the molecule is CCCn1ccnc1C(=O)Cc1ccc(Cl)cc1. The van der Waals surface area contributed by atoms with Crippen LogP contribution in [0.5, 0.6) is 0 Å². The van der Waals surface area contributed by atoms with E-state index in [1.807, 2.05) is 22.9 Å². The molecule has 0 saturated carbocycles. The normalized spacial score (nSPS) is 10.6. The number of Topliss-reactive ketones (excluding diaryl/α,β-unsaturated/α-hetero) is 1. The zero-order valence-corrected chi connectivity index (χ0v) is 11.0. The number of halogens is 1. The lowest BCUT2D eigenvalue weighted by molar-refractivity contribution is 0.0979. The molecule has 0 aliphatic carbocycles. The van der Waals surface area contributed by atoms with Gasteiger partial charge in [-0.1, -0.05) is 30.7 Å². The van der Waals surface area contributed by atoms with E-state index >= 15 is 0 Å². The summed E-state index contributed by atoms with van der Waals surface area (Å²) in [5, 5.41) is 0.679. The van der Waals surface area contributed by atoms with Crippen LogP contribution in [-0.2, 0) is 13.0 Å². The minimum Gasteiger partial charge on any atom is -0.329 e. The number of nitrogens with zero attached hydrogens (tertiary/aromatic N) is 2. The second-order valence-corrected chi connectivity index (χ2v) is 4.61. The number of rotatable bonds is 5. The Kier molecular flexibility index (Phi) is 4.15. The largest absolute Gasteiger partial charge is 0.329 e. The van der Waals surface area contributed by atoms with E-state index in [1.54, 1.807) is 18.3 Å². The van der Waals surface area contributed by atoms with Gasteiger partial charge >= 0.3 is 0 Å². The zero-order valence-electron chi connectivity index (χ0n) is 10.3. The molecule has 0 aliphatic heterocycles. The lowest BCUT2D eigenvalue weighted by Crippen LogP contribution is -2.12. The summed E-state index contributed by atoms with van der Waals surface area (Å²) in [6.45, 7) is 2.90. The molecule has 0 N–H and O–H groups in total. The van der Waals surface area contributed by atoms with Crippen molar-refractivity contribution in [2.45, 2.75) is 26.3 Å². The van der Waals surface area contributed by atoms with Gasteiger partial charge in [-0.3, -0.25) is 4.79 Å². The van der Waals surface area contributed by atoms with Crippen molar-refractivity contribution in [2.24, 2.45) is 0 Å². The number of ketones is 1. The molecule has 0 fully saturated rings. The summed E-state index contributed by atoms with van der Waals surface area (Å²) in [7, 11) is 0. The van der Waals surface area contributed by atoms with Crippen molar-refractivity contribution in [3.05, 3.63) is 53.1 Å². The highest BCUT2D eigenvalue weighted by atomic mass is 35.5. The Labute approximate surface area is 111 Å². The summed E-state index contributed by atoms with van der Waals surface area (Å²) in [5.74, 6) is 0.572. The fraction of sp³-hybridized carbons (Fsp3) is 0.286. The van der Waals surface area contributed by atoms with E-state index in [4.69, 9.17) is 11.6 Å². The van der Waals surface area contributed by atoms with Crippen LogP contribution >= 0.6 is 11.6 Å². The summed E-state index contributed by atoms with van der Waals surface area (Å²) < 4.78 is 1.90. The molecule has 1 aromatic carbocycles. The summed E-state index contributed by atoms with van der Waals surface area (Å²) in [5.41, 5.74) is 0.954. The third-order valence-electron chi connectivity index (χ3n) is 2.71. The van der Waals surface area contributed by atoms with Crippen LogP contribution in [0, 0.1) is 0 Å². The van der Waals surface area contributed by atoms with Crippen molar-refractivity contribution >= 4 is 17.4 Å². The van der Waals surface area contributed by atoms with Crippen molar-refractivity contribution in [3.8, 4) is 0 Å². The van der Waals surface area contributed by atoms with Gasteiger partial charge in [-0.15, -0.1) is 0 Å². The highest BCUT2D eigenvalue weighted by molar-refractivity contribution is 6.30. The Morgan fingerprint density at radius 2 is 2.06 bits per heavy atom. The third kappa shape index (κ3) is 2.99. The second-order valence-electron chi connectivity index (χ2n) is 4.17. The first-order valence-corrected chi connectivity index (χ1v) is 6.37. The number of aryl methyl sites for hydroxylation is 1. The Morgan fingerprint density at radius 1 is 1.33 bits per heavy atom. The predicted octanol–water partition coefficient (Wildman–Crippen LogP) is 3.37. The Bertz CT molecular complexity index is 531. The molecule has 0 amide bonds. The van der Waals surface area contributed by atoms with E-state index in [1.165, 1.54) is 0 Å². The van der Waals surface area contributed by atoms with Gasteiger partial charge in [0, 0.05) is 30.4 Å². The molecular weight excluding hydrogens is 248 g/mol. The quantitative estimate of drug-likeness (QED) is 0.775. The number of carbonyl (C=O) groups excluding carboxylic acids is 1. The average Bonchev–Trinajstić information content (AvgIpc) is 2.81. The number of hydrogen-bond donors (Lipinski definition) is 0. The van der Waals surface area contributed by atoms with Crippen LogP contribution < -0.4 is 0 Å². The maximum atomic E-state index is 12.1. The van der Waals surface area contributed by atoms with Crippen molar-refractivity contribution < 1.29 is 4.79 Å². The molecule has 0 spiro atoms. The molecule has 1 heterocycles. The van der Waals surface area contributed by atoms with Gasteiger partial charge in [-0.25, -0.2) is 4.98 Å². The highest BCUT2D eigenvalue weighted by Gasteiger charge is 2.12. The molecule has 2 rings (SSSR count). The summed E-state index contributed by atoms with van der Waals surface area (Å²) in [6, 6.07) is 7.33. The predicted molar refractivity (Wildman–Crippen MR) is 72.0 cm³/mol. The Hall–Kier alpha value is -1.61. The average molecular weight is 263 g/mol. The number of benzene rings is 1. The molecule has 2 aromatic rings. The second kappa shape index (κ2) is 5.83. The van der Waals surface area contributed by atoms with Crippen LogP contribution in [0.2, 0.25) is 5.02 Å². The van der Waals surface area contributed by atoms with Gasteiger partial charge in [0.05, 0.1) is 0 Å². The lowest BCUT2D eigenvalue weighted by atomic mass is 10.1. The van der Waals surface area contributed by atoms with Gasteiger partial charge in [0.15, 0.2) is 5.82 Å². The van der Waals surface area contributed by atoms with E-state index in [0.29, 0.717) is 17.3 Å². The standard InChI is InChI=1S/C14H15ClN2O/c1-2-8-17-9-7-16-14(17)13(18)10-11-3-5-12(15)6-4-11/h3-7,9H,2,8,10H2,1H3. The van der Waals surface area contributed by atoms with Crippen molar-refractivity contribution in [2.75, 3.05) is 0 Å². The summed E-state index contributed by atoms with van der Waals surface area (Å²) in [4.78, 5) is 16.3. The maximum absolute atomic E-state index is 12.1. The third-order valence-corrected chi connectivity index (χ3v) is 2.96. The van der Waals surface area contributed by atoms with Crippen LogP contribution in [0.3, 0.4) is 0 Å². The van der Waals surface area contributed by atoms with Crippen LogP contribution in [-0.4, -0.2) is 15.3 Å². The van der Waals surface area contributed by atoms with Gasteiger partial charge < -0.3 is 4.57 Å². The van der Waals surface area contributed by atoms with E-state index in [0.717, 1.165) is 18.5 Å². The van der Waals surface area contributed by atoms with Crippen molar-refractivity contribution in [3.63, 3.8) is 0 Å².